The van der Waals surface area contributed by atoms with Gasteiger partial charge in [0.2, 0.25) is 0 Å². The van der Waals surface area contributed by atoms with Gasteiger partial charge >= 0.3 is 0 Å². The van der Waals surface area contributed by atoms with Crippen molar-refractivity contribution in [3.63, 3.8) is 0 Å². The summed E-state index contributed by atoms with van der Waals surface area (Å²) < 4.78 is 5.14. The van der Waals surface area contributed by atoms with Gasteiger partial charge in [0.1, 0.15) is 0 Å². The summed E-state index contributed by atoms with van der Waals surface area (Å²) in [5.41, 5.74) is 0.723. The summed E-state index contributed by atoms with van der Waals surface area (Å²) in [6.07, 6.45) is 2.33. The van der Waals surface area contributed by atoms with Crippen LogP contribution in [0.1, 0.15) is 19.8 Å². The van der Waals surface area contributed by atoms with Crippen LogP contribution < -0.4 is 0 Å². The summed E-state index contributed by atoms with van der Waals surface area (Å²) in [7, 11) is 0. The molecule has 2 rings (SSSR count). The molecule has 1 N–H and O–H groups in total. The summed E-state index contributed by atoms with van der Waals surface area (Å²) in [5, 5.41) is 8.96. The second-order valence-corrected chi connectivity index (χ2v) is 4.32. The Bertz CT molecular complexity index is 134. The maximum absolute atomic E-state index is 8.96. The molecule has 2 fully saturated rings. The van der Waals surface area contributed by atoms with Gasteiger partial charge in [0, 0.05) is 12.0 Å². The fraction of sp³-hybridized carbons (Fsp3) is 1.00. The Labute approximate surface area is 61.2 Å². The van der Waals surface area contributed by atoms with Gasteiger partial charge < -0.3 is 9.84 Å². The standard InChI is InChI=1S/C8H14O2/c1-7(4-9)2-8(3-7)5-10-6-8/h9H,2-6H2,1H3. The van der Waals surface area contributed by atoms with E-state index in [1.807, 2.05) is 0 Å². The Hall–Kier alpha value is -0.0800. The number of rotatable bonds is 1. The van der Waals surface area contributed by atoms with Gasteiger partial charge in [-0.3, -0.25) is 0 Å². The molecule has 1 spiro atoms. The minimum absolute atomic E-state index is 0.226. The second-order valence-electron chi connectivity index (χ2n) is 4.32. The highest BCUT2D eigenvalue weighted by atomic mass is 16.5. The molecule has 58 valence electrons. The quantitative estimate of drug-likeness (QED) is 0.586. The lowest BCUT2D eigenvalue weighted by Gasteiger charge is -2.58. The molecule has 0 aromatic carbocycles. The van der Waals surface area contributed by atoms with Crippen LogP contribution in [0, 0.1) is 10.8 Å². The Balaban J connectivity index is 1.92. The van der Waals surface area contributed by atoms with Gasteiger partial charge in [-0.05, 0) is 18.3 Å². The van der Waals surface area contributed by atoms with Crippen molar-refractivity contribution in [2.45, 2.75) is 19.8 Å². The van der Waals surface area contributed by atoms with Crippen LogP contribution in [0.5, 0.6) is 0 Å². The van der Waals surface area contributed by atoms with E-state index >= 15 is 0 Å². The zero-order valence-corrected chi connectivity index (χ0v) is 6.39. The molecular weight excluding hydrogens is 128 g/mol. The summed E-state index contributed by atoms with van der Waals surface area (Å²) in [6.45, 7) is 4.36. The maximum atomic E-state index is 8.96. The van der Waals surface area contributed by atoms with Crippen LogP contribution in [0.15, 0.2) is 0 Å². The molecule has 2 heteroatoms. The first-order chi connectivity index (χ1) is 4.68. The van der Waals surface area contributed by atoms with Crippen LogP contribution in [0.2, 0.25) is 0 Å². The van der Waals surface area contributed by atoms with Crippen molar-refractivity contribution in [2.24, 2.45) is 10.8 Å². The molecule has 1 aliphatic heterocycles. The van der Waals surface area contributed by atoms with Gasteiger partial charge in [0.05, 0.1) is 13.2 Å². The number of hydrogen-bond acceptors (Lipinski definition) is 2. The predicted molar refractivity (Wildman–Crippen MR) is 37.7 cm³/mol. The molecule has 1 saturated heterocycles. The van der Waals surface area contributed by atoms with Crippen LogP contribution in [-0.4, -0.2) is 24.9 Å². The van der Waals surface area contributed by atoms with Gasteiger partial charge in [0.25, 0.3) is 0 Å². The largest absolute Gasteiger partial charge is 0.396 e. The van der Waals surface area contributed by atoms with Gasteiger partial charge in [-0.25, -0.2) is 0 Å². The Morgan fingerprint density at radius 1 is 1.40 bits per heavy atom. The van der Waals surface area contributed by atoms with Crippen LogP contribution in [-0.2, 0) is 4.74 Å². The first-order valence-corrected chi connectivity index (χ1v) is 3.87. The first kappa shape index (κ1) is 6.62. The van der Waals surface area contributed by atoms with Crippen molar-refractivity contribution >= 4 is 0 Å². The Kier molecular flexibility index (Phi) is 1.15. The predicted octanol–water partition coefficient (Wildman–Crippen LogP) is 0.795. The molecule has 0 aromatic rings. The minimum Gasteiger partial charge on any atom is -0.396 e. The molecule has 0 unspecified atom stereocenters. The van der Waals surface area contributed by atoms with Crippen LogP contribution >= 0.6 is 0 Å². The number of aliphatic hydroxyl groups is 1. The highest BCUT2D eigenvalue weighted by Gasteiger charge is 2.55. The molecule has 0 amide bonds. The van der Waals surface area contributed by atoms with Crippen LogP contribution in [0.3, 0.4) is 0 Å². The molecule has 0 bridgehead atoms. The highest BCUT2D eigenvalue weighted by Crippen LogP contribution is 2.57. The van der Waals surface area contributed by atoms with Crippen LogP contribution in [0.25, 0.3) is 0 Å². The number of ether oxygens (including phenoxy) is 1. The molecule has 10 heavy (non-hydrogen) atoms. The zero-order chi connectivity index (χ0) is 7.24. The molecular formula is C8H14O2. The highest BCUT2D eigenvalue weighted by molar-refractivity contribution is 5.04. The molecule has 2 nitrogen and oxygen atoms in total. The van der Waals surface area contributed by atoms with E-state index in [1.54, 1.807) is 0 Å². The van der Waals surface area contributed by atoms with Crippen molar-refractivity contribution in [2.75, 3.05) is 19.8 Å². The molecule has 1 heterocycles. The van der Waals surface area contributed by atoms with Gasteiger partial charge in [0.15, 0.2) is 0 Å². The number of aliphatic hydroxyl groups excluding tert-OH is 1. The van der Waals surface area contributed by atoms with E-state index in [2.05, 4.69) is 6.92 Å². The monoisotopic (exact) mass is 142 g/mol. The zero-order valence-electron chi connectivity index (χ0n) is 6.39. The summed E-state index contributed by atoms with van der Waals surface area (Å²) in [4.78, 5) is 0. The third kappa shape index (κ3) is 0.722. The van der Waals surface area contributed by atoms with E-state index in [1.165, 1.54) is 0 Å². The van der Waals surface area contributed by atoms with Gasteiger partial charge in [-0.15, -0.1) is 0 Å². The lowest BCUT2D eigenvalue weighted by Crippen LogP contribution is -2.57. The van der Waals surface area contributed by atoms with E-state index < -0.39 is 0 Å². The smallest absolute Gasteiger partial charge is 0.0545 e. The van der Waals surface area contributed by atoms with Gasteiger partial charge in [-0.2, -0.15) is 0 Å². The minimum atomic E-state index is 0.226. The summed E-state index contributed by atoms with van der Waals surface area (Å²) in [5.74, 6) is 0. The first-order valence-electron chi connectivity index (χ1n) is 3.87. The molecule has 2 aliphatic rings. The average Bonchev–Trinajstić information content (AvgIpc) is 1.77. The van der Waals surface area contributed by atoms with Crippen molar-refractivity contribution in [1.82, 2.24) is 0 Å². The fourth-order valence-corrected chi connectivity index (χ4v) is 2.47. The lowest BCUT2D eigenvalue weighted by molar-refractivity contribution is -0.215. The average molecular weight is 142 g/mol. The Morgan fingerprint density at radius 2 is 2.00 bits per heavy atom. The third-order valence-electron chi connectivity index (χ3n) is 2.80. The lowest BCUT2D eigenvalue weighted by atomic mass is 9.53. The Morgan fingerprint density at radius 3 is 2.30 bits per heavy atom. The van der Waals surface area contributed by atoms with E-state index in [-0.39, 0.29) is 5.41 Å². The van der Waals surface area contributed by atoms with Crippen molar-refractivity contribution in [3.8, 4) is 0 Å². The third-order valence-corrected chi connectivity index (χ3v) is 2.80. The van der Waals surface area contributed by atoms with E-state index in [0.717, 1.165) is 26.1 Å². The van der Waals surface area contributed by atoms with Crippen molar-refractivity contribution in [3.05, 3.63) is 0 Å². The van der Waals surface area contributed by atoms with Gasteiger partial charge in [-0.1, -0.05) is 6.92 Å². The van der Waals surface area contributed by atoms with Crippen molar-refractivity contribution in [1.29, 1.82) is 0 Å². The summed E-state index contributed by atoms with van der Waals surface area (Å²) in [6, 6.07) is 0. The van der Waals surface area contributed by atoms with Crippen LogP contribution in [0.4, 0.5) is 0 Å². The normalized spacial score (nSPS) is 33.0. The van der Waals surface area contributed by atoms with E-state index in [9.17, 15) is 0 Å². The molecule has 1 aliphatic carbocycles. The number of hydrogen-bond donors (Lipinski definition) is 1. The summed E-state index contributed by atoms with van der Waals surface area (Å²) >= 11 is 0. The molecule has 1 saturated carbocycles. The topological polar surface area (TPSA) is 29.5 Å². The fourth-order valence-electron chi connectivity index (χ4n) is 2.47. The molecule has 0 radical (unpaired) electrons. The molecule has 0 atom stereocenters. The van der Waals surface area contributed by atoms with E-state index in [4.69, 9.17) is 9.84 Å². The SMILES string of the molecule is CC1(CO)CC2(COC2)C1. The van der Waals surface area contributed by atoms with Crippen molar-refractivity contribution < 1.29 is 9.84 Å². The second kappa shape index (κ2) is 1.74. The van der Waals surface area contributed by atoms with E-state index in [0.29, 0.717) is 12.0 Å². The molecule has 0 aromatic heterocycles. The maximum Gasteiger partial charge on any atom is 0.0545 e.